The Bertz CT molecular complexity index is 892. The van der Waals surface area contributed by atoms with Crippen molar-refractivity contribution in [3.05, 3.63) is 77.7 Å². The number of amides is 1. The maximum Gasteiger partial charge on any atom is 0.274 e. The topological polar surface area (TPSA) is 66.9 Å². The summed E-state index contributed by atoms with van der Waals surface area (Å²) in [5.41, 5.74) is 4.31. The van der Waals surface area contributed by atoms with Crippen LogP contribution in [0.15, 0.2) is 60.9 Å². The number of hydrogen-bond donors (Lipinski definition) is 2. The molecule has 0 saturated heterocycles. The van der Waals surface area contributed by atoms with Gasteiger partial charge in [0.25, 0.3) is 5.91 Å². The van der Waals surface area contributed by atoms with E-state index in [-0.39, 0.29) is 5.91 Å². The molecule has 0 spiro atoms. The van der Waals surface area contributed by atoms with Gasteiger partial charge in [-0.25, -0.2) is 9.97 Å². The lowest BCUT2D eigenvalue weighted by atomic mass is 10.1. The molecule has 0 fully saturated rings. The Morgan fingerprint density at radius 2 is 1.88 bits per heavy atom. The van der Waals surface area contributed by atoms with Gasteiger partial charge in [-0.15, -0.1) is 0 Å². The van der Waals surface area contributed by atoms with Crippen molar-refractivity contribution in [3.63, 3.8) is 0 Å². The number of anilines is 3. The molecule has 5 heteroatoms. The summed E-state index contributed by atoms with van der Waals surface area (Å²) in [6.07, 6.45) is 2.30. The monoisotopic (exact) mass is 332 g/mol. The molecule has 0 bridgehead atoms. The highest BCUT2D eigenvalue weighted by Gasteiger charge is 2.10. The van der Waals surface area contributed by atoms with E-state index < -0.39 is 0 Å². The van der Waals surface area contributed by atoms with E-state index in [1.165, 1.54) is 11.9 Å². The molecule has 2 aromatic carbocycles. The first-order chi connectivity index (χ1) is 12.2. The van der Waals surface area contributed by atoms with E-state index in [9.17, 15) is 4.79 Å². The van der Waals surface area contributed by atoms with Crippen molar-refractivity contribution in [3.8, 4) is 0 Å². The fourth-order valence-corrected chi connectivity index (χ4v) is 2.56. The lowest BCUT2D eigenvalue weighted by Crippen LogP contribution is -2.14. The number of benzene rings is 2. The summed E-state index contributed by atoms with van der Waals surface area (Å²) in [6.45, 7) is 4.08. The number of hydrogen-bond acceptors (Lipinski definition) is 4. The van der Waals surface area contributed by atoms with Gasteiger partial charge in [0, 0.05) is 17.4 Å². The zero-order chi connectivity index (χ0) is 17.6. The predicted octanol–water partition coefficient (Wildman–Crippen LogP) is 4.34. The zero-order valence-electron chi connectivity index (χ0n) is 14.3. The number of aryl methyl sites for hydroxylation is 2. The molecule has 1 aromatic heterocycles. The zero-order valence-corrected chi connectivity index (χ0v) is 14.3. The summed E-state index contributed by atoms with van der Waals surface area (Å²) in [7, 11) is 0. The SMILES string of the molecule is CCc1ccccc1Nc1cc(C(=O)Nc2cccc(C)c2)ncn1. The molecule has 0 aliphatic heterocycles. The third kappa shape index (κ3) is 4.20. The van der Waals surface area contributed by atoms with E-state index in [1.807, 2.05) is 49.4 Å². The van der Waals surface area contributed by atoms with Crippen LogP contribution in [0.4, 0.5) is 17.2 Å². The van der Waals surface area contributed by atoms with Crippen LogP contribution in [0.25, 0.3) is 0 Å². The highest BCUT2D eigenvalue weighted by molar-refractivity contribution is 6.03. The first-order valence-electron chi connectivity index (χ1n) is 8.20. The number of carbonyl (C=O) groups excluding carboxylic acids is 1. The highest BCUT2D eigenvalue weighted by atomic mass is 16.1. The number of para-hydroxylation sites is 1. The van der Waals surface area contributed by atoms with Crippen LogP contribution in [0.3, 0.4) is 0 Å². The van der Waals surface area contributed by atoms with Crippen LogP contribution < -0.4 is 10.6 Å². The molecule has 2 N–H and O–H groups in total. The minimum absolute atomic E-state index is 0.264. The third-order valence-corrected chi connectivity index (χ3v) is 3.84. The van der Waals surface area contributed by atoms with Gasteiger partial charge in [-0.3, -0.25) is 4.79 Å². The van der Waals surface area contributed by atoms with Crippen molar-refractivity contribution >= 4 is 23.1 Å². The average Bonchev–Trinajstić information content (AvgIpc) is 2.62. The molecule has 3 rings (SSSR count). The number of nitrogens with zero attached hydrogens (tertiary/aromatic N) is 2. The van der Waals surface area contributed by atoms with Crippen LogP contribution in [0.5, 0.6) is 0 Å². The Kier molecular flexibility index (Phi) is 5.04. The van der Waals surface area contributed by atoms with Crippen LogP contribution in [0, 0.1) is 6.92 Å². The van der Waals surface area contributed by atoms with Crippen molar-refractivity contribution < 1.29 is 4.79 Å². The van der Waals surface area contributed by atoms with Crippen LogP contribution >= 0.6 is 0 Å². The second-order valence-electron chi connectivity index (χ2n) is 5.75. The molecule has 1 amide bonds. The maximum atomic E-state index is 12.4. The van der Waals surface area contributed by atoms with Crippen LogP contribution in [-0.2, 0) is 6.42 Å². The normalized spacial score (nSPS) is 10.3. The molecule has 1 heterocycles. The lowest BCUT2D eigenvalue weighted by Gasteiger charge is -2.11. The number of carbonyl (C=O) groups is 1. The third-order valence-electron chi connectivity index (χ3n) is 3.84. The molecule has 0 saturated carbocycles. The summed E-state index contributed by atoms with van der Waals surface area (Å²) in [6, 6.07) is 17.3. The minimum Gasteiger partial charge on any atom is -0.340 e. The average molecular weight is 332 g/mol. The Morgan fingerprint density at radius 1 is 1.04 bits per heavy atom. The van der Waals surface area contributed by atoms with Gasteiger partial charge < -0.3 is 10.6 Å². The molecule has 0 aliphatic rings. The van der Waals surface area contributed by atoms with Crippen molar-refractivity contribution in [1.29, 1.82) is 0 Å². The van der Waals surface area contributed by atoms with E-state index in [0.717, 1.165) is 23.4 Å². The fourth-order valence-electron chi connectivity index (χ4n) is 2.56. The first-order valence-corrected chi connectivity index (χ1v) is 8.20. The van der Waals surface area contributed by atoms with E-state index in [2.05, 4.69) is 33.6 Å². The van der Waals surface area contributed by atoms with Gasteiger partial charge in [-0.05, 0) is 42.7 Å². The summed E-state index contributed by atoms with van der Waals surface area (Å²) < 4.78 is 0. The van der Waals surface area contributed by atoms with Crippen LogP contribution in [-0.4, -0.2) is 15.9 Å². The summed E-state index contributed by atoms with van der Waals surface area (Å²) >= 11 is 0. The van der Waals surface area contributed by atoms with Crippen molar-refractivity contribution in [2.24, 2.45) is 0 Å². The number of aromatic nitrogens is 2. The number of nitrogens with one attached hydrogen (secondary N) is 2. The minimum atomic E-state index is -0.264. The van der Waals surface area contributed by atoms with Crippen molar-refractivity contribution in [2.75, 3.05) is 10.6 Å². The van der Waals surface area contributed by atoms with Gasteiger partial charge in [0.15, 0.2) is 0 Å². The molecule has 0 aliphatic carbocycles. The van der Waals surface area contributed by atoms with Crippen molar-refractivity contribution in [1.82, 2.24) is 9.97 Å². The summed E-state index contributed by atoms with van der Waals surface area (Å²) in [4.78, 5) is 20.7. The fraction of sp³-hybridized carbons (Fsp3) is 0.150. The van der Waals surface area contributed by atoms with E-state index in [1.54, 1.807) is 6.07 Å². The van der Waals surface area contributed by atoms with E-state index in [0.29, 0.717) is 11.5 Å². The molecule has 3 aromatic rings. The first kappa shape index (κ1) is 16.6. The summed E-state index contributed by atoms with van der Waals surface area (Å²) in [5, 5.41) is 6.12. The molecule has 0 unspecified atom stereocenters. The Hall–Kier alpha value is -3.21. The maximum absolute atomic E-state index is 12.4. The molecule has 126 valence electrons. The highest BCUT2D eigenvalue weighted by Crippen LogP contribution is 2.20. The van der Waals surface area contributed by atoms with Gasteiger partial charge >= 0.3 is 0 Å². The van der Waals surface area contributed by atoms with E-state index in [4.69, 9.17) is 0 Å². The van der Waals surface area contributed by atoms with Gasteiger partial charge in [0.2, 0.25) is 0 Å². The van der Waals surface area contributed by atoms with Crippen LogP contribution in [0.1, 0.15) is 28.5 Å². The molecule has 5 nitrogen and oxygen atoms in total. The lowest BCUT2D eigenvalue weighted by molar-refractivity contribution is 0.102. The van der Waals surface area contributed by atoms with Gasteiger partial charge in [0.1, 0.15) is 17.8 Å². The second kappa shape index (κ2) is 7.57. The Balaban J connectivity index is 1.78. The van der Waals surface area contributed by atoms with Crippen LogP contribution in [0.2, 0.25) is 0 Å². The molecule has 25 heavy (non-hydrogen) atoms. The molecule has 0 atom stereocenters. The van der Waals surface area contributed by atoms with E-state index >= 15 is 0 Å². The largest absolute Gasteiger partial charge is 0.340 e. The molecular weight excluding hydrogens is 312 g/mol. The van der Waals surface area contributed by atoms with Gasteiger partial charge in [-0.2, -0.15) is 0 Å². The smallest absolute Gasteiger partial charge is 0.274 e. The Morgan fingerprint density at radius 3 is 2.68 bits per heavy atom. The number of rotatable bonds is 5. The Labute approximate surface area is 147 Å². The molecule has 0 radical (unpaired) electrons. The second-order valence-corrected chi connectivity index (χ2v) is 5.75. The standard InChI is InChI=1S/C20H20N4O/c1-3-15-8-4-5-10-17(15)24-19-12-18(21-13-22-19)20(25)23-16-9-6-7-14(2)11-16/h4-13H,3H2,1-2H3,(H,23,25)(H,21,22,24). The quantitative estimate of drug-likeness (QED) is 0.729. The predicted molar refractivity (Wildman–Crippen MR) is 100 cm³/mol. The molecular formula is C20H20N4O. The van der Waals surface area contributed by atoms with Gasteiger partial charge in [-0.1, -0.05) is 37.3 Å². The van der Waals surface area contributed by atoms with Gasteiger partial charge in [0.05, 0.1) is 0 Å². The van der Waals surface area contributed by atoms with Crippen molar-refractivity contribution in [2.45, 2.75) is 20.3 Å². The summed E-state index contributed by atoms with van der Waals surface area (Å²) in [5.74, 6) is 0.324.